The fraction of sp³-hybridized carbons (Fsp3) is 0.286. The zero-order chi connectivity index (χ0) is 25.3. The van der Waals surface area contributed by atoms with Crippen LogP contribution in [0.5, 0.6) is 17.2 Å². The summed E-state index contributed by atoms with van der Waals surface area (Å²) in [6.07, 6.45) is 1.77. The summed E-state index contributed by atoms with van der Waals surface area (Å²) in [4.78, 5) is 26.9. The molecule has 3 aromatic rings. The van der Waals surface area contributed by atoms with E-state index in [1.54, 1.807) is 35.2 Å². The number of halogens is 1. The van der Waals surface area contributed by atoms with Gasteiger partial charge in [-0.1, -0.05) is 23.7 Å². The van der Waals surface area contributed by atoms with Crippen LogP contribution in [0.4, 0.5) is 11.4 Å². The molecule has 0 saturated heterocycles. The van der Waals surface area contributed by atoms with Crippen LogP contribution >= 0.6 is 11.6 Å². The second kappa shape index (κ2) is 12.3. The molecule has 1 N–H and O–H groups in total. The van der Waals surface area contributed by atoms with Crippen molar-refractivity contribution < 1.29 is 23.8 Å². The first kappa shape index (κ1) is 25.4. The molecular weight excluding hydrogens is 480 g/mol. The van der Waals surface area contributed by atoms with Crippen molar-refractivity contribution in [2.45, 2.75) is 26.2 Å². The molecule has 0 radical (unpaired) electrons. The summed E-state index contributed by atoms with van der Waals surface area (Å²) in [5.41, 5.74) is 2.15. The van der Waals surface area contributed by atoms with Gasteiger partial charge in [-0.25, -0.2) is 0 Å². The number of rotatable bonds is 11. The van der Waals surface area contributed by atoms with Gasteiger partial charge in [-0.15, -0.1) is 0 Å². The van der Waals surface area contributed by atoms with Crippen molar-refractivity contribution in [2.24, 2.45) is 0 Å². The van der Waals surface area contributed by atoms with Gasteiger partial charge < -0.3 is 24.4 Å². The number of carbonyl (C=O) groups excluding carboxylic acids is 2. The Labute approximate surface area is 215 Å². The number of carbonyl (C=O) groups is 2. The van der Waals surface area contributed by atoms with Gasteiger partial charge >= 0.3 is 0 Å². The molecule has 1 heterocycles. The van der Waals surface area contributed by atoms with Crippen LogP contribution in [0.2, 0.25) is 5.02 Å². The summed E-state index contributed by atoms with van der Waals surface area (Å²) in [5, 5.41) is 3.59. The highest BCUT2D eigenvalue weighted by Gasteiger charge is 2.25. The summed E-state index contributed by atoms with van der Waals surface area (Å²) >= 11 is 5.90. The van der Waals surface area contributed by atoms with Crippen molar-refractivity contribution in [1.82, 2.24) is 0 Å². The fourth-order valence-electron chi connectivity index (χ4n) is 3.88. The summed E-state index contributed by atoms with van der Waals surface area (Å²) in [7, 11) is 0. The van der Waals surface area contributed by atoms with E-state index in [1.807, 2.05) is 43.3 Å². The van der Waals surface area contributed by atoms with Crippen LogP contribution in [0, 0.1) is 0 Å². The number of nitrogens with one attached hydrogen (secondary N) is 1. The third-order valence-corrected chi connectivity index (χ3v) is 5.90. The predicted octanol–water partition coefficient (Wildman–Crippen LogP) is 5.50. The number of nitrogens with zero attached hydrogens (tertiary/aromatic N) is 1. The van der Waals surface area contributed by atoms with Crippen LogP contribution < -0.4 is 24.4 Å². The van der Waals surface area contributed by atoms with Gasteiger partial charge in [0, 0.05) is 17.3 Å². The molecule has 0 saturated carbocycles. The number of fused-ring (bicyclic) bond motifs is 1. The Bertz CT molecular complexity index is 1180. The average Bonchev–Trinajstić information content (AvgIpc) is 2.87. The van der Waals surface area contributed by atoms with E-state index in [-0.39, 0.29) is 24.8 Å². The van der Waals surface area contributed by atoms with Crippen molar-refractivity contribution in [3.8, 4) is 17.2 Å². The highest BCUT2D eigenvalue weighted by Crippen LogP contribution is 2.35. The number of unbranched alkanes of at least 4 members (excludes halogenated alkanes) is 1. The van der Waals surface area contributed by atoms with Crippen molar-refractivity contribution in [2.75, 3.05) is 36.6 Å². The van der Waals surface area contributed by atoms with Gasteiger partial charge in [-0.05, 0) is 79.9 Å². The van der Waals surface area contributed by atoms with Crippen LogP contribution in [0.25, 0.3) is 0 Å². The smallest absolute Gasteiger partial charge is 0.265 e. The van der Waals surface area contributed by atoms with Crippen LogP contribution in [0.15, 0.2) is 66.7 Å². The maximum absolute atomic E-state index is 12.6. The number of hydrogen-bond donors (Lipinski definition) is 1. The summed E-state index contributed by atoms with van der Waals surface area (Å²) in [5.74, 6) is 1.90. The maximum Gasteiger partial charge on any atom is 0.265 e. The summed E-state index contributed by atoms with van der Waals surface area (Å²) in [6, 6.07) is 20.0. The van der Waals surface area contributed by atoms with Gasteiger partial charge in [0.1, 0.15) is 17.2 Å². The largest absolute Gasteiger partial charge is 0.494 e. The number of anilines is 2. The molecule has 0 bridgehead atoms. The van der Waals surface area contributed by atoms with E-state index in [9.17, 15) is 9.59 Å². The molecule has 0 aromatic heterocycles. The molecule has 1 aliphatic rings. The molecule has 36 heavy (non-hydrogen) atoms. The SMILES string of the molecule is CCOc1ccc(CC(=O)Nc2ccc3c(c2)N(CCCCOc2ccc(Cl)cc2)C(=O)CO3)cc1. The predicted molar refractivity (Wildman–Crippen MR) is 140 cm³/mol. The monoisotopic (exact) mass is 508 g/mol. The van der Waals surface area contributed by atoms with E-state index in [0.717, 1.165) is 29.9 Å². The molecule has 0 atom stereocenters. The number of hydrogen-bond acceptors (Lipinski definition) is 5. The first-order valence-corrected chi connectivity index (χ1v) is 12.4. The van der Waals surface area contributed by atoms with Crippen LogP contribution in [-0.2, 0) is 16.0 Å². The molecular formula is C28H29ClN2O5. The number of amides is 2. The Morgan fingerprint density at radius 1 is 1.00 bits per heavy atom. The van der Waals surface area contributed by atoms with E-state index in [4.69, 9.17) is 25.8 Å². The Morgan fingerprint density at radius 2 is 1.72 bits per heavy atom. The minimum Gasteiger partial charge on any atom is -0.494 e. The molecule has 7 nitrogen and oxygen atoms in total. The third-order valence-electron chi connectivity index (χ3n) is 5.64. The van der Waals surface area contributed by atoms with E-state index < -0.39 is 0 Å². The molecule has 0 aliphatic carbocycles. The van der Waals surface area contributed by atoms with Crippen LogP contribution in [-0.4, -0.2) is 38.2 Å². The molecule has 4 rings (SSSR count). The summed E-state index contributed by atoms with van der Waals surface area (Å²) < 4.78 is 16.8. The maximum atomic E-state index is 12.6. The second-order valence-electron chi connectivity index (χ2n) is 8.33. The molecule has 8 heteroatoms. The Kier molecular flexibility index (Phi) is 8.68. The summed E-state index contributed by atoms with van der Waals surface area (Å²) in [6.45, 7) is 3.59. The Balaban J connectivity index is 1.32. The molecule has 0 unspecified atom stereocenters. The van der Waals surface area contributed by atoms with E-state index in [1.165, 1.54) is 0 Å². The molecule has 2 amide bonds. The van der Waals surface area contributed by atoms with Crippen molar-refractivity contribution in [1.29, 1.82) is 0 Å². The van der Waals surface area contributed by atoms with Gasteiger partial charge in [0.05, 0.1) is 25.3 Å². The lowest BCUT2D eigenvalue weighted by Crippen LogP contribution is -2.39. The Hall–Kier alpha value is -3.71. The molecule has 0 spiro atoms. The zero-order valence-corrected chi connectivity index (χ0v) is 20.9. The topological polar surface area (TPSA) is 77.1 Å². The van der Waals surface area contributed by atoms with Gasteiger partial charge in [-0.3, -0.25) is 9.59 Å². The minimum atomic E-state index is -0.145. The molecule has 1 aliphatic heterocycles. The van der Waals surface area contributed by atoms with Gasteiger partial charge in [0.15, 0.2) is 6.61 Å². The zero-order valence-electron chi connectivity index (χ0n) is 20.2. The number of benzene rings is 3. The van der Waals surface area contributed by atoms with Crippen LogP contribution in [0.3, 0.4) is 0 Å². The third kappa shape index (κ3) is 6.92. The van der Waals surface area contributed by atoms with Gasteiger partial charge in [0.25, 0.3) is 5.91 Å². The van der Waals surface area contributed by atoms with Crippen molar-refractivity contribution >= 4 is 34.8 Å². The van der Waals surface area contributed by atoms with Crippen molar-refractivity contribution in [3.63, 3.8) is 0 Å². The van der Waals surface area contributed by atoms with E-state index >= 15 is 0 Å². The quantitative estimate of drug-likeness (QED) is 0.346. The van der Waals surface area contributed by atoms with Gasteiger partial charge in [0.2, 0.25) is 5.91 Å². The van der Waals surface area contributed by atoms with E-state index in [2.05, 4.69) is 5.32 Å². The number of ether oxygens (including phenoxy) is 3. The normalized spacial score (nSPS) is 12.5. The van der Waals surface area contributed by atoms with Crippen molar-refractivity contribution in [3.05, 3.63) is 77.3 Å². The average molecular weight is 509 g/mol. The molecule has 3 aromatic carbocycles. The standard InChI is InChI=1S/C28H29ClN2O5/c1-2-34-23-10-5-20(6-11-23)17-27(32)30-22-9-14-26-25(18-22)31(28(33)19-36-26)15-3-4-16-35-24-12-7-21(29)8-13-24/h5-14,18H,2-4,15-17,19H2,1H3,(H,30,32). The van der Waals surface area contributed by atoms with Crippen LogP contribution in [0.1, 0.15) is 25.3 Å². The second-order valence-corrected chi connectivity index (χ2v) is 8.76. The fourth-order valence-corrected chi connectivity index (χ4v) is 4.00. The lowest BCUT2D eigenvalue weighted by Gasteiger charge is -2.30. The van der Waals surface area contributed by atoms with E-state index in [0.29, 0.717) is 41.9 Å². The highest BCUT2D eigenvalue weighted by molar-refractivity contribution is 6.30. The van der Waals surface area contributed by atoms with Gasteiger partial charge in [-0.2, -0.15) is 0 Å². The lowest BCUT2D eigenvalue weighted by molar-refractivity contribution is -0.121. The minimum absolute atomic E-state index is 0.00226. The highest BCUT2D eigenvalue weighted by atomic mass is 35.5. The molecule has 0 fully saturated rings. The lowest BCUT2D eigenvalue weighted by atomic mass is 10.1. The molecule has 188 valence electrons. The Morgan fingerprint density at radius 3 is 2.47 bits per heavy atom. The first-order valence-electron chi connectivity index (χ1n) is 12.0. The first-order chi connectivity index (χ1) is 17.5.